The van der Waals surface area contributed by atoms with Crippen molar-refractivity contribution in [2.45, 2.75) is 77.6 Å². The molecule has 0 radical (unpaired) electrons. The molecular weight excluding hydrogens is 302 g/mol. The van der Waals surface area contributed by atoms with Crippen molar-refractivity contribution in [3.63, 3.8) is 0 Å². The van der Waals surface area contributed by atoms with Crippen molar-refractivity contribution in [3.8, 4) is 0 Å². The van der Waals surface area contributed by atoms with E-state index in [1.165, 1.54) is 64.2 Å². The van der Waals surface area contributed by atoms with Crippen LogP contribution in [0.1, 0.15) is 77.6 Å². The molecule has 0 heterocycles. The van der Waals surface area contributed by atoms with Gasteiger partial charge in [-0.3, -0.25) is 4.79 Å². The van der Waals surface area contributed by atoms with Crippen molar-refractivity contribution in [2.24, 2.45) is 0 Å². The summed E-state index contributed by atoms with van der Waals surface area (Å²) in [6.45, 7) is 4.29. The van der Waals surface area contributed by atoms with Gasteiger partial charge in [0.25, 0.3) is 0 Å². The monoisotopic (exact) mass is 337 g/mol. The standard InChI is InChI=1S/C17H35NO3.ClH/c1-2-3-4-5-6-7-8-9-10-11-12-14-21-15-13-18-16-17(19)20;/h18H,2-16H2,1H3,(H,19,20);1H. The van der Waals surface area contributed by atoms with E-state index in [2.05, 4.69) is 12.2 Å². The molecule has 0 aliphatic heterocycles. The lowest BCUT2D eigenvalue weighted by atomic mass is 10.1. The number of hydrogen-bond donors (Lipinski definition) is 2. The summed E-state index contributed by atoms with van der Waals surface area (Å²) < 4.78 is 5.44. The van der Waals surface area contributed by atoms with E-state index in [0.717, 1.165) is 13.0 Å². The Morgan fingerprint density at radius 1 is 0.864 bits per heavy atom. The largest absolute Gasteiger partial charge is 0.480 e. The average molecular weight is 338 g/mol. The van der Waals surface area contributed by atoms with Crippen molar-refractivity contribution in [1.29, 1.82) is 0 Å². The van der Waals surface area contributed by atoms with Crippen LogP contribution in [-0.2, 0) is 9.53 Å². The summed E-state index contributed by atoms with van der Waals surface area (Å²) in [4.78, 5) is 10.2. The van der Waals surface area contributed by atoms with Crippen molar-refractivity contribution in [1.82, 2.24) is 5.32 Å². The number of carboxylic acids is 1. The fourth-order valence-electron chi connectivity index (χ4n) is 2.31. The van der Waals surface area contributed by atoms with Gasteiger partial charge in [0, 0.05) is 13.2 Å². The van der Waals surface area contributed by atoms with E-state index < -0.39 is 5.97 Å². The lowest BCUT2D eigenvalue weighted by molar-refractivity contribution is -0.136. The number of aliphatic carboxylic acids is 1. The molecule has 0 aromatic rings. The molecule has 134 valence electrons. The van der Waals surface area contributed by atoms with Gasteiger partial charge < -0.3 is 15.2 Å². The van der Waals surface area contributed by atoms with Gasteiger partial charge in [-0.1, -0.05) is 71.1 Å². The lowest BCUT2D eigenvalue weighted by Gasteiger charge is -2.05. The van der Waals surface area contributed by atoms with Crippen LogP contribution in [0.2, 0.25) is 0 Å². The molecule has 0 saturated heterocycles. The van der Waals surface area contributed by atoms with Crippen molar-refractivity contribution >= 4 is 18.4 Å². The number of carbonyl (C=O) groups is 1. The molecule has 0 unspecified atom stereocenters. The minimum Gasteiger partial charge on any atom is -0.480 e. The fourth-order valence-corrected chi connectivity index (χ4v) is 2.31. The van der Waals surface area contributed by atoms with Crippen molar-refractivity contribution in [2.75, 3.05) is 26.3 Å². The Labute approximate surface area is 142 Å². The van der Waals surface area contributed by atoms with Crippen molar-refractivity contribution < 1.29 is 14.6 Å². The van der Waals surface area contributed by atoms with E-state index >= 15 is 0 Å². The molecule has 0 spiro atoms. The summed E-state index contributed by atoms with van der Waals surface area (Å²) in [5, 5.41) is 11.2. The Balaban J connectivity index is 0. The van der Waals surface area contributed by atoms with E-state index in [1.807, 2.05) is 0 Å². The highest BCUT2D eigenvalue weighted by Crippen LogP contribution is 2.11. The molecule has 0 atom stereocenters. The third-order valence-corrected chi connectivity index (χ3v) is 3.59. The van der Waals surface area contributed by atoms with E-state index in [9.17, 15) is 4.79 Å². The zero-order valence-electron chi connectivity index (χ0n) is 14.3. The van der Waals surface area contributed by atoms with Gasteiger partial charge in [0.2, 0.25) is 0 Å². The number of hydrogen-bond acceptors (Lipinski definition) is 3. The van der Waals surface area contributed by atoms with Crippen LogP contribution < -0.4 is 5.32 Å². The molecule has 5 heteroatoms. The normalized spacial score (nSPS) is 10.4. The molecule has 0 amide bonds. The number of nitrogens with one attached hydrogen (secondary N) is 1. The van der Waals surface area contributed by atoms with E-state index in [0.29, 0.717) is 13.2 Å². The van der Waals surface area contributed by atoms with Crippen LogP contribution in [0.15, 0.2) is 0 Å². The number of rotatable bonds is 17. The summed E-state index contributed by atoms with van der Waals surface area (Å²) in [5.74, 6) is -0.819. The minimum absolute atomic E-state index is 0. The molecular formula is C17H36ClNO3. The van der Waals surface area contributed by atoms with Gasteiger partial charge in [0.05, 0.1) is 13.2 Å². The first-order chi connectivity index (χ1) is 10.3. The summed E-state index contributed by atoms with van der Waals surface area (Å²) >= 11 is 0. The molecule has 0 aromatic carbocycles. The maximum atomic E-state index is 10.2. The summed E-state index contributed by atoms with van der Waals surface area (Å²) in [5.41, 5.74) is 0. The Kier molecular flexibility index (Phi) is 22.5. The smallest absolute Gasteiger partial charge is 0.317 e. The SMILES string of the molecule is CCCCCCCCCCCCCOCCNCC(=O)O.Cl. The second-order valence-electron chi connectivity index (χ2n) is 5.72. The van der Waals surface area contributed by atoms with E-state index in [-0.39, 0.29) is 19.0 Å². The fraction of sp³-hybridized carbons (Fsp3) is 0.941. The highest BCUT2D eigenvalue weighted by atomic mass is 35.5. The molecule has 0 saturated carbocycles. The second-order valence-corrected chi connectivity index (χ2v) is 5.72. The maximum absolute atomic E-state index is 10.2. The van der Waals surface area contributed by atoms with Gasteiger partial charge in [0.15, 0.2) is 0 Å². The van der Waals surface area contributed by atoms with Gasteiger partial charge in [0.1, 0.15) is 0 Å². The Morgan fingerprint density at radius 2 is 1.36 bits per heavy atom. The number of halogens is 1. The third kappa shape index (κ3) is 22.0. The van der Waals surface area contributed by atoms with Crippen LogP contribution in [0.3, 0.4) is 0 Å². The highest BCUT2D eigenvalue weighted by molar-refractivity contribution is 5.85. The van der Waals surface area contributed by atoms with Crippen molar-refractivity contribution in [3.05, 3.63) is 0 Å². The molecule has 0 aliphatic carbocycles. The number of carboxylic acid groups (broad SMARTS) is 1. The predicted octanol–water partition coefficient (Wildman–Crippen LogP) is 4.41. The minimum atomic E-state index is -0.819. The molecule has 0 aliphatic rings. The summed E-state index contributed by atoms with van der Waals surface area (Å²) in [7, 11) is 0. The van der Waals surface area contributed by atoms with Crippen LogP contribution in [0.5, 0.6) is 0 Å². The molecule has 2 N–H and O–H groups in total. The molecule has 0 rings (SSSR count). The first kappa shape index (κ1) is 23.9. The quantitative estimate of drug-likeness (QED) is 0.386. The second kappa shape index (κ2) is 20.7. The number of unbranched alkanes of at least 4 members (excludes halogenated alkanes) is 10. The lowest BCUT2D eigenvalue weighted by Crippen LogP contribution is -2.26. The van der Waals surface area contributed by atoms with Gasteiger partial charge in [-0.15, -0.1) is 12.4 Å². The van der Waals surface area contributed by atoms with Gasteiger partial charge in [-0.2, -0.15) is 0 Å². The highest BCUT2D eigenvalue weighted by Gasteiger charge is 1.95. The van der Waals surface area contributed by atoms with E-state index in [4.69, 9.17) is 9.84 Å². The van der Waals surface area contributed by atoms with Crippen LogP contribution in [0.25, 0.3) is 0 Å². The van der Waals surface area contributed by atoms with Crippen LogP contribution in [-0.4, -0.2) is 37.4 Å². The van der Waals surface area contributed by atoms with Crippen LogP contribution in [0.4, 0.5) is 0 Å². The van der Waals surface area contributed by atoms with E-state index in [1.54, 1.807) is 0 Å². The van der Waals surface area contributed by atoms with Gasteiger partial charge >= 0.3 is 5.97 Å². The molecule has 0 fully saturated rings. The molecule has 22 heavy (non-hydrogen) atoms. The predicted molar refractivity (Wildman–Crippen MR) is 95.0 cm³/mol. The summed E-state index contributed by atoms with van der Waals surface area (Å²) in [6.07, 6.45) is 14.8. The maximum Gasteiger partial charge on any atom is 0.317 e. The molecule has 4 nitrogen and oxygen atoms in total. The molecule has 0 aromatic heterocycles. The van der Waals surface area contributed by atoms with Gasteiger partial charge in [-0.25, -0.2) is 0 Å². The van der Waals surface area contributed by atoms with Crippen LogP contribution in [0, 0.1) is 0 Å². The third-order valence-electron chi connectivity index (χ3n) is 3.59. The van der Waals surface area contributed by atoms with Crippen LogP contribution >= 0.6 is 12.4 Å². The average Bonchev–Trinajstić information content (AvgIpc) is 2.46. The Morgan fingerprint density at radius 3 is 1.86 bits per heavy atom. The van der Waals surface area contributed by atoms with Gasteiger partial charge in [-0.05, 0) is 6.42 Å². The number of ether oxygens (including phenoxy) is 1. The zero-order valence-corrected chi connectivity index (χ0v) is 15.1. The first-order valence-corrected chi connectivity index (χ1v) is 8.77. The Bertz CT molecular complexity index is 228. The molecule has 0 bridgehead atoms. The topological polar surface area (TPSA) is 58.6 Å². The Hall–Kier alpha value is -0.320. The summed E-state index contributed by atoms with van der Waals surface area (Å²) in [6, 6.07) is 0. The zero-order chi connectivity index (χ0) is 15.6. The first-order valence-electron chi connectivity index (χ1n) is 8.77.